The maximum absolute atomic E-state index is 2.53. The Hall–Kier alpha value is 0.430. The molecule has 96 valence electrons. The van der Waals surface area contributed by atoms with Crippen molar-refractivity contribution in [1.29, 1.82) is 0 Å². The second-order valence-corrected chi connectivity index (χ2v) is 8.59. The van der Waals surface area contributed by atoms with Gasteiger partial charge in [0.15, 0.2) is 0 Å². The van der Waals surface area contributed by atoms with Crippen molar-refractivity contribution < 1.29 is 0 Å². The van der Waals surface area contributed by atoms with E-state index in [1.807, 2.05) is 0 Å². The fourth-order valence-electron chi connectivity index (χ4n) is 3.10. The topological polar surface area (TPSA) is 0 Å². The van der Waals surface area contributed by atoms with Crippen LogP contribution in [0.25, 0.3) is 0 Å². The molecule has 4 atom stereocenters. The second-order valence-electron chi connectivity index (χ2n) is 5.78. The SMILES string of the molecule is CCC(C)CCCC1CCCC1P(C)CC. The predicted octanol–water partition coefficient (Wildman–Crippen LogP) is 5.50. The largest absolute Gasteiger partial charge is 0.107 e. The van der Waals surface area contributed by atoms with E-state index >= 15 is 0 Å². The van der Waals surface area contributed by atoms with Gasteiger partial charge < -0.3 is 0 Å². The molecule has 0 amide bonds. The highest BCUT2D eigenvalue weighted by Gasteiger charge is 2.29. The van der Waals surface area contributed by atoms with E-state index in [1.54, 1.807) is 6.42 Å². The monoisotopic (exact) mass is 242 g/mol. The van der Waals surface area contributed by atoms with Crippen LogP contribution in [0, 0.1) is 11.8 Å². The van der Waals surface area contributed by atoms with Crippen molar-refractivity contribution >= 4 is 7.92 Å². The van der Waals surface area contributed by atoms with Crippen LogP contribution in [-0.2, 0) is 0 Å². The lowest BCUT2D eigenvalue weighted by Crippen LogP contribution is -2.13. The van der Waals surface area contributed by atoms with Gasteiger partial charge in [-0.05, 0) is 49.6 Å². The normalized spacial score (nSPS) is 29.2. The van der Waals surface area contributed by atoms with Crippen molar-refractivity contribution in [3.63, 3.8) is 0 Å². The maximum atomic E-state index is 2.53. The van der Waals surface area contributed by atoms with Crippen LogP contribution in [0.4, 0.5) is 0 Å². The van der Waals surface area contributed by atoms with Crippen LogP contribution in [0.2, 0.25) is 0 Å². The van der Waals surface area contributed by atoms with Crippen LogP contribution < -0.4 is 0 Å². The maximum Gasteiger partial charge on any atom is -0.0183 e. The highest BCUT2D eigenvalue weighted by molar-refractivity contribution is 7.57. The van der Waals surface area contributed by atoms with Crippen molar-refractivity contribution in [2.45, 2.75) is 71.4 Å². The lowest BCUT2D eigenvalue weighted by Gasteiger charge is -2.25. The molecule has 1 saturated carbocycles. The van der Waals surface area contributed by atoms with Gasteiger partial charge in [0.1, 0.15) is 0 Å². The molecule has 0 saturated heterocycles. The summed E-state index contributed by atoms with van der Waals surface area (Å²) < 4.78 is 0. The molecule has 0 nitrogen and oxygen atoms in total. The molecular weight excluding hydrogens is 211 g/mol. The Balaban J connectivity index is 2.24. The molecule has 1 aliphatic rings. The van der Waals surface area contributed by atoms with Gasteiger partial charge in [-0.3, -0.25) is 0 Å². The van der Waals surface area contributed by atoms with Crippen LogP contribution in [0.5, 0.6) is 0 Å². The van der Waals surface area contributed by atoms with E-state index in [9.17, 15) is 0 Å². The van der Waals surface area contributed by atoms with Gasteiger partial charge in [-0.15, -0.1) is 7.92 Å². The predicted molar refractivity (Wildman–Crippen MR) is 77.8 cm³/mol. The van der Waals surface area contributed by atoms with Crippen molar-refractivity contribution in [3.05, 3.63) is 0 Å². The average molecular weight is 242 g/mol. The molecule has 0 heterocycles. The van der Waals surface area contributed by atoms with E-state index in [0.29, 0.717) is 7.92 Å². The number of hydrogen-bond acceptors (Lipinski definition) is 0. The third-order valence-electron chi connectivity index (χ3n) is 4.65. The Bertz CT molecular complexity index is 178. The molecule has 16 heavy (non-hydrogen) atoms. The minimum absolute atomic E-state index is 0.346. The molecule has 1 heteroatoms. The molecule has 0 N–H and O–H groups in total. The van der Waals surface area contributed by atoms with E-state index in [2.05, 4.69) is 27.4 Å². The molecule has 0 radical (unpaired) electrons. The van der Waals surface area contributed by atoms with Crippen LogP contribution in [0.3, 0.4) is 0 Å². The van der Waals surface area contributed by atoms with E-state index in [4.69, 9.17) is 0 Å². The summed E-state index contributed by atoms with van der Waals surface area (Å²) in [6.45, 7) is 9.66. The highest BCUT2D eigenvalue weighted by Crippen LogP contribution is 2.49. The van der Waals surface area contributed by atoms with Crippen LogP contribution in [-0.4, -0.2) is 18.5 Å². The molecule has 1 fully saturated rings. The molecule has 1 aliphatic carbocycles. The molecule has 0 aromatic rings. The lowest BCUT2D eigenvalue weighted by molar-refractivity contribution is 0.424. The zero-order chi connectivity index (χ0) is 12.0. The van der Waals surface area contributed by atoms with Crippen LogP contribution >= 0.6 is 7.92 Å². The first kappa shape index (κ1) is 14.5. The molecule has 1 rings (SSSR count). The Morgan fingerprint density at radius 2 is 2.00 bits per heavy atom. The van der Waals surface area contributed by atoms with Gasteiger partial charge in [0.05, 0.1) is 0 Å². The summed E-state index contributed by atoms with van der Waals surface area (Å²) in [6.07, 6.45) is 11.9. The summed E-state index contributed by atoms with van der Waals surface area (Å²) in [7, 11) is 0.346. The lowest BCUT2D eigenvalue weighted by atomic mass is 9.95. The summed E-state index contributed by atoms with van der Waals surface area (Å²) in [5.41, 5.74) is 1.12. The summed E-state index contributed by atoms with van der Waals surface area (Å²) in [4.78, 5) is 0. The average Bonchev–Trinajstić information content (AvgIpc) is 2.76. The molecule has 0 bridgehead atoms. The van der Waals surface area contributed by atoms with E-state index in [0.717, 1.165) is 17.5 Å². The van der Waals surface area contributed by atoms with E-state index in [1.165, 1.54) is 44.7 Å². The zero-order valence-electron chi connectivity index (χ0n) is 11.8. The minimum Gasteiger partial charge on any atom is -0.107 e. The van der Waals surface area contributed by atoms with Gasteiger partial charge in [-0.2, -0.15) is 0 Å². The molecule has 0 aromatic carbocycles. The standard InChI is InChI=1S/C15H31P/c1-5-13(3)9-7-10-14-11-8-12-15(14)16(4)6-2/h13-15H,5-12H2,1-4H3. The van der Waals surface area contributed by atoms with Crippen LogP contribution in [0.15, 0.2) is 0 Å². The van der Waals surface area contributed by atoms with Gasteiger partial charge in [0.2, 0.25) is 0 Å². The van der Waals surface area contributed by atoms with E-state index in [-0.39, 0.29) is 0 Å². The van der Waals surface area contributed by atoms with Crippen molar-refractivity contribution in [2.75, 3.05) is 12.8 Å². The second kappa shape index (κ2) is 7.70. The van der Waals surface area contributed by atoms with Crippen molar-refractivity contribution in [3.8, 4) is 0 Å². The molecule has 0 aliphatic heterocycles. The van der Waals surface area contributed by atoms with Gasteiger partial charge in [-0.25, -0.2) is 0 Å². The Kier molecular flexibility index (Phi) is 6.97. The molecule has 4 unspecified atom stereocenters. The quantitative estimate of drug-likeness (QED) is 0.517. The van der Waals surface area contributed by atoms with Gasteiger partial charge in [0, 0.05) is 0 Å². The van der Waals surface area contributed by atoms with Gasteiger partial charge >= 0.3 is 0 Å². The zero-order valence-corrected chi connectivity index (χ0v) is 12.7. The summed E-state index contributed by atoms with van der Waals surface area (Å²) in [5, 5.41) is 0. The summed E-state index contributed by atoms with van der Waals surface area (Å²) in [5.74, 6) is 2.05. The first-order chi connectivity index (χ1) is 7.69. The van der Waals surface area contributed by atoms with Crippen molar-refractivity contribution in [1.82, 2.24) is 0 Å². The van der Waals surface area contributed by atoms with Crippen molar-refractivity contribution in [2.24, 2.45) is 11.8 Å². The Morgan fingerprint density at radius 1 is 1.25 bits per heavy atom. The first-order valence-electron chi connectivity index (χ1n) is 7.39. The summed E-state index contributed by atoms with van der Waals surface area (Å²) >= 11 is 0. The third-order valence-corrected chi connectivity index (χ3v) is 7.46. The van der Waals surface area contributed by atoms with E-state index < -0.39 is 0 Å². The minimum atomic E-state index is 0.346. The molecule has 0 spiro atoms. The Labute approximate surface area is 104 Å². The molecular formula is C15H31P. The fraction of sp³-hybridized carbons (Fsp3) is 1.00. The smallest absolute Gasteiger partial charge is 0.0183 e. The van der Waals surface area contributed by atoms with Gasteiger partial charge in [0.25, 0.3) is 0 Å². The molecule has 0 aromatic heterocycles. The van der Waals surface area contributed by atoms with Crippen LogP contribution in [0.1, 0.15) is 65.7 Å². The first-order valence-corrected chi connectivity index (χ1v) is 9.43. The highest BCUT2D eigenvalue weighted by atomic mass is 31.1. The van der Waals surface area contributed by atoms with Gasteiger partial charge in [-0.1, -0.05) is 46.5 Å². The number of hydrogen-bond donors (Lipinski definition) is 0. The Morgan fingerprint density at radius 3 is 2.62 bits per heavy atom. The summed E-state index contributed by atoms with van der Waals surface area (Å²) in [6, 6.07) is 0. The fourth-order valence-corrected chi connectivity index (χ4v) is 5.21. The number of rotatable bonds is 7. The third kappa shape index (κ3) is 4.36.